The SMILES string of the molecule is CC(NCCCCO)c1nccs1. The predicted octanol–water partition coefficient (Wildman–Crippen LogP) is 1.57. The molecule has 0 aromatic carbocycles. The van der Waals surface area contributed by atoms with Crippen LogP contribution in [0.5, 0.6) is 0 Å². The number of hydrogen-bond donors (Lipinski definition) is 2. The minimum absolute atomic E-state index is 0.285. The number of aliphatic hydroxyl groups is 1. The molecule has 0 saturated carbocycles. The first-order chi connectivity index (χ1) is 6.34. The van der Waals surface area contributed by atoms with Gasteiger partial charge < -0.3 is 10.4 Å². The van der Waals surface area contributed by atoms with E-state index in [1.54, 1.807) is 11.3 Å². The maximum absolute atomic E-state index is 8.58. The van der Waals surface area contributed by atoms with E-state index in [4.69, 9.17) is 5.11 Å². The van der Waals surface area contributed by atoms with E-state index in [2.05, 4.69) is 17.2 Å². The second-order valence-corrected chi connectivity index (χ2v) is 3.90. The third-order valence-corrected chi connectivity index (χ3v) is 2.82. The van der Waals surface area contributed by atoms with E-state index in [0.717, 1.165) is 24.4 Å². The fourth-order valence-corrected chi connectivity index (χ4v) is 1.76. The van der Waals surface area contributed by atoms with Crippen molar-refractivity contribution in [3.05, 3.63) is 16.6 Å². The van der Waals surface area contributed by atoms with E-state index in [1.165, 1.54) is 0 Å². The Kier molecular flexibility index (Phi) is 4.97. The molecule has 0 saturated heterocycles. The van der Waals surface area contributed by atoms with Crippen molar-refractivity contribution in [1.82, 2.24) is 10.3 Å². The first-order valence-electron chi connectivity index (χ1n) is 4.58. The van der Waals surface area contributed by atoms with Gasteiger partial charge in [-0.2, -0.15) is 0 Å². The van der Waals surface area contributed by atoms with Crippen molar-refractivity contribution in [2.75, 3.05) is 13.2 Å². The van der Waals surface area contributed by atoms with Crippen molar-refractivity contribution in [2.45, 2.75) is 25.8 Å². The molecule has 3 nitrogen and oxygen atoms in total. The lowest BCUT2D eigenvalue weighted by molar-refractivity contribution is 0.283. The van der Waals surface area contributed by atoms with Crippen molar-refractivity contribution >= 4 is 11.3 Å². The molecule has 13 heavy (non-hydrogen) atoms. The van der Waals surface area contributed by atoms with Gasteiger partial charge >= 0.3 is 0 Å². The summed E-state index contributed by atoms with van der Waals surface area (Å²) >= 11 is 1.67. The van der Waals surface area contributed by atoms with Crippen molar-refractivity contribution in [3.63, 3.8) is 0 Å². The van der Waals surface area contributed by atoms with Gasteiger partial charge in [0, 0.05) is 18.2 Å². The Balaban J connectivity index is 2.15. The zero-order valence-electron chi connectivity index (χ0n) is 7.86. The molecule has 0 amide bonds. The van der Waals surface area contributed by atoms with Gasteiger partial charge in [0.05, 0.1) is 6.04 Å². The van der Waals surface area contributed by atoms with Gasteiger partial charge in [-0.05, 0) is 26.3 Å². The van der Waals surface area contributed by atoms with Crippen LogP contribution in [0.15, 0.2) is 11.6 Å². The Labute approximate surface area is 82.8 Å². The third kappa shape index (κ3) is 3.85. The van der Waals surface area contributed by atoms with E-state index >= 15 is 0 Å². The van der Waals surface area contributed by atoms with Crippen LogP contribution in [0.3, 0.4) is 0 Å². The molecule has 74 valence electrons. The molecule has 1 rings (SSSR count). The van der Waals surface area contributed by atoms with Gasteiger partial charge in [0.25, 0.3) is 0 Å². The lowest BCUT2D eigenvalue weighted by Crippen LogP contribution is -2.19. The maximum Gasteiger partial charge on any atom is 0.109 e. The highest BCUT2D eigenvalue weighted by atomic mass is 32.1. The number of aromatic nitrogens is 1. The standard InChI is InChI=1S/C9H16N2OS/c1-8(9-11-5-7-13-9)10-4-2-3-6-12/h5,7-8,10,12H,2-4,6H2,1H3. The first-order valence-corrected chi connectivity index (χ1v) is 5.46. The van der Waals surface area contributed by atoms with Crippen LogP contribution in [0.1, 0.15) is 30.8 Å². The lowest BCUT2D eigenvalue weighted by Gasteiger charge is -2.09. The fourth-order valence-electron chi connectivity index (χ4n) is 1.09. The predicted molar refractivity (Wildman–Crippen MR) is 54.9 cm³/mol. The normalized spacial score (nSPS) is 13.1. The first kappa shape index (κ1) is 10.6. The van der Waals surface area contributed by atoms with Crippen LogP contribution >= 0.6 is 11.3 Å². The molecule has 0 aliphatic carbocycles. The van der Waals surface area contributed by atoms with Crippen LogP contribution in [0, 0.1) is 0 Å². The number of hydrogen-bond acceptors (Lipinski definition) is 4. The third-order valence-electron chi connectivity index (χ3n) is 1.86. The molecule has 0 fully saturated rings. The molecule has 0 bridgehead atoms. The summed E-state index contributed by atoms with van der Waals surface area (Å²) in [6, 6.07) is 0.332. The summed E-state index contributed by atoms with van der Waals surface area (Å²) in [7, 11) is 0. The van der Waals surface area contributed by atoms with E-state index in [9.17, 15) is 0 Å². The van der Waals surface area contributed by atoms with Crippen molar-refractivity contribution in [3.8, 4) is 0 Å². The molecule has 1 heterocycles. The van der Waals surface area contributed by atoms with Gasteiger partial charge in [-0.25, -0.2) is 4.98 Å². The number of nitrogens with one attached hydrogen (secondary N) is 1. The molecule has 1 atom stereocenters. The molecule has 0 aliphatic rings. The molecule has 1 aromatic rings. The summed E-state index contributed by atoms with van der Waals surface area (Å²) < 4.78 is 0. The second-order valence-electron chi connectivity index (χ2n) is 2.98. The van der Waals surface area contributed by atoms with Crippen LogP contribution in [-0.2, 0) is 0 Å². The van der Waals surface area contributed by atoms with Gasteiger partial charge in [0.2, 0.25) is 0 Å². The smallest absolute Gasteiger partial charge is 0.109 e. The summed E-state index contributed by atoms with van der Waals surface area (Å²) in [4.78, 5) is 4.22. The highest BCUT2D eigenvalue weighted by molar-refractivity contribution is 7.09. The van der Waals surface area contributed by atoms with E-state index < -0.39 is 0 Å². The lowest BCUT2D eigenvalue weighted by atomic mass is 10.3. The second kappa shape index (κ2) is 6.07. The molecule has 0 spiro atoms. The molecule has 0 aliphatic heterocycles. The minimum atomic E-state index is 0.285. The fraction of sp³-hybridized carbons (Fsp3) is 0.667. The number of rotatable bonds is 6. The van der Waals surface area contributed by atoms with E-state index in [1.807, 2.05) is 11.6 Å². The average molecular weight is 200 g/mol. The van der Waals surface area contributed by atoms with Crippen LogP contribution in [0.25, 0.3) is 0 Å². The topological polar surface area (TPSA) is 45.1 Å². The highest BCUT2D eigenvalue weighted by Gasteiger charge is 2.05. The van der Waals surface area contributed by atoms with Gasteiger partial charge in [0.15, 0.2) is 0 Å². The molecule has 1 aromatic heterocycles. The summed E-state index contributed by atoms with van der Waals surface area (Å²) in [5.41, 5.74) is 0. The summed E-state index contributed by atoms with van der Waals surface area (Å²) in [5.74, 6) is 0. The zero-order valence-corrected chi connectivity index (χ0v) is 8.68. The van der Waals surface area contributed by atoms with Crippen molar-refractivity contribution in [1.29, 1.82) is 0 Å². The Hall–Kier alpha value is -0.450. The molecule has 2 N–H and O–H groups in total. The van der Waals surface area contributed by atoms with Gasteiger partial charge in [0.1, 0.15) is 5.01 Å². The number of aliphatic hydroxyl groups excluding tert-OH is 1. The number of nitrogens with zero attached hydrogens (tertiary/aromatic N) is 1. The number of unbranched alkanes of at least 4 members (excludes halogenated alkanes) is 1. The quantitative estimate of drug-likeness (QED) is 0.685. The average Bonchev–Trinajstić information content (AvgIpc) is 2.65. The Morgan fingerprint density at radius 3 is 3.08 bits per heavy atom. The van der Waals surface area contributed by atoms with Crippen LogP contribution in [-0.4, -0.2) is 23.2 Å². The molecule has 4 heteroatoms. The molecular weight excluding hydrogens is 184 g/mol. The minimum Gasteiger partial charge on any atom is -0.396 e. The Morgan fingerprint density at radius 1 is 1.62 bits per heavy atom. The molecule has 1 unspecified atom stereocenters. The van der Waals surface area contributed by atoms with Crippen LogP contribution < -0.4 is 5.32 Å². The van der Waals surface area contributed by atoms with E-state index in [0.29, 0.717) is 6.04 Å². The van der Waals surface area contributed by atoms with E-state index in [-0.39, 0.29) is 6.61 Å². The van der Waals surface area contributed by atoms with Crippen LogP contribution in [0.2, 0.25) is 0 Å². The Bertz CT molecular complexity index is 213. The zero-order chi connectivity index (χ0) is 9.52. The van der Waals surface area contributed by atoms with Gasteiger partial charge in [-0.1, -0.05) is 0 Å². The highest BCUT2D eigenvalue weighted by Crippen LogP contribution is 2.14. The largest absolute Gasteiger partial charge is 0.396 e. The summed E-state index contributed by atoms with van der Waals surface area (Å²) in [5, 5.41) is 15.1. The monoisotopic (exact) mass is 200 g/mol. The Morgan fingerprint density at radius 2 is 2.46 bits per heavy atom. The molecule has 0 radical (unpaired) electrons. The summed E-state index contributed by atoms with van der Waals surface area (Å²) in [6.07, 6.45) is 3.72. The van der Waals surface area contributed by atoms with Crippen molar-refractivity contribution in [2.24, 2.45) is 0 Å². The van der Waals surface area contributed by atoms with Gasteiger partial charge in [-0.3, -0.25) is 0 Å². The molecular formula is C9H16N2OS. The van der Waals surface area contributed by atoms with Crippen LogP contribution in [0.4, 0.5) is 0 Å². The number of thiazole rings is 1. The van der Waals surface area contributed by atoms with Crippen molar-refractivity contribution < 1.29 is 5.11 Å². The summed E-state index contributed by atoms with van der Waals surface area (Å²) in [6.45, 7) is 3.34. The maximum atomic E-state index is 8.58. The van der Waals surface area contributed by atoms with Gasteiger partial charge in [-0.15, -0.1) is 11.3 Å².